The van der Waals surface area contributed by atoms with Crippen LogP contribution in [0.2, 0.25) is 0 Å². The fourth-order valence-corrected chi connectivity index (χ4v) is 1.26. The largest absolute Gasteiger partial charge is 0.494 e. The van der Waals surface area contributed by atoms with Gasteiger partial charge < -0.3 is 16.2 Å². The summed E-state index contributed by atoms with van der Waals surface area (Å²) in [5, 5.41) is 0. The van der Waals surface area contributed by atoms with Gasteiger partial charge in [-0.2, -0.15) is 15.0 Å². The number of methoxy groups -OCH3 is 1. The van der Waals surface area contributed by atoms with Crippen molar-refractivity contribution in [1.29, 1.82) is 0 Å². The van der Waals surface area contributed by atoms with Crippen molar-refractivity contribution >= 4 is 11.9 Å². The first-order valence-corrected chi connectivity index (χ1v) is 4.46. The molecule has 4 N–H and O–H groups in total. The maximum absolute atomic E-state index is 5.49. The summed E-state index contributed by atoms with van der Waals surface area (Å²) < 4.78 is 5.13. The lowest BCUT2D eigenvalue weighted by atomic mass is 10.2. The number of rotatable bonds is 2. The SMILES string of the molecule is COc1cnccc1-c1nc(N)nc(N)n1. The summed E-state index contributed by atoms with van der Waals surface area (Å²) in [5.41, 5.74) is 11.6. The molecule has 0 radical (unpaired) electrons. The maximum atomic E-state index is 5.49. The Labute approximate surface area is 91.5 Å². The van der Waals surface area contributed by atoms with Crippen LogP contribution < -0.4 is 16.2 Å². The molecule has 2 heterocycles. The standard InChI is InChI=1S/C9H10N6O/c1-16-6-4-12-3-2-5(6)7-13-8(10)15-9(11)14-7/h2-4H,1H3,(H4,10,11,13,14,15). The van der Waals surface area contributed by atoms with Gasteiger partial charge in [0, 0.05) is 6.20 Å². The highest BCUT2D eigenvalue weighted by Crippen LogP contribution is 2.26. The predicted molar refractivity (Wildman–Crippen MR) is 58.4 cm³/mol. The summed E-state index contributed by atoms with van der Waals surface area (Å²) in [6.45, 7) is 0. The van der Waals surface area contributed by atoms with E-state index in [4.69, 9.17) is 16.2 Å². The van der Waals surface area contributed by atoms with Crippen molar-refractivity contribution < 1.29 is 4.74 Å². The minimum atomic E-state index is 0.0707. The number of anilines is 2. The monoisotopic (exact) mass is 218 g/mol. The van der Waals surface area contributed by atoms with Crippen LogP contribution in [0.5, 0.6) is 5.75 Å². The van der Waals surface area contributed by atoms with Gasteiger partial charge in [0.15, 0.2) is 5.82 Å². The van der Waals surface area contributed by atoms with E-state index < -0.39 is 0 Å². The van der Waals surface area contributed by atoms with Gasteiger partial charge in [-0.25, -0.2) is 0 Å². The Kier molecular flexibility index (Phi) is 2.50. The zero-order valence-corrected chi connectivity index (χ0v) is 8.58. The molecule has 7 nitrogen and oxygen atoms in total. The molecule has 0 fully saturated rings. The van der Waals surface area contributed by atoms with Gasteiger partial charge in [-0.1, -0.05) is 0 Å². The first-order chi connectivity index (χ1) is 7.70. The molecule has 0 saturated heterocycles. The Hall–Kier alpha value is -2.44. The van der Waals surface area contributed by atoms with Crippen molar-refractivity contribution in [2.45, 2.75) is 0 Å². The highest BCUT2D eigenvalue weighted by molar-refractivity contribution is 5.64. The maximum Gasteiger partial charge on any atom is 0.225 e. The van der Waals surface area contributed by atoms with Gasteiger partial charge in [-0.3, -0.25) is 4.98 Å². The normalized spacial score (nSPS) is 10.1. The zero-order chi connectivity index (χ0) is 11.5. The summed E-state index contributed by atoms with van der Waals surface area (Å²) in [7, 11) is 1.54. The number of ether oxygens (including phenoxy) is 1. The molecule has 7 heteroatoms. The second-order valence-corrected chi connectivity index (χ2v) is 2.95. The van der Waals surface area contributed by atoms with Crippen LogP contribution in [-0.4, -0.2) is 27.0 Å². The molecule has 2 aromatic heterocycles. The highest BCUT2D eigenvalue weighted by Gasteiger charge is 2.10. The van der Waals surface area contributed by atoms with Crippen LogP contribution in [0.4, 0.5) is 11.9 Å². The number of aromatic nitrogens is 4. The van der Waals surface area contributed by atoms with Crippen LogP contribution in [0.3, 0.4) is 0 Å². The molecule has 0 atom stereocenters. The average molecular weight is 218 g/mol. The minimum Gasteiger partial charge on any atom is -0.494 e. The Morgan fingerprint density at radius 3 is 2.44 bits per heavy atom. The van der Waals surface area contributed by atoms with Gasteiger partial charge in [-0.15, -0.1) is 0 Å². The van der Waals surface area contributed by atoms with Crippen LogP contribution in [0, 0.1) is 0 Å². The number of pyridine rings is 1. The topological polar surface area (TPSA) is 113 Å². The Morgan fingerprint density at radius 2 is 1.81 bits per heavy atom. The van der Waals surface area contributed by atoms with E-state index in [-0.39, 0.29) is 11.9 Å². The summed E-state index contributed by atoms with van der Waals surface area (Å²) in [4.78, 5) is 15.6. The lowest BCUT2D eigenvalue weighted by molar-refractivity contribution is 0.414. The van der Waals surface area contributed by atoms with Crippen molar-refractivity contribution in [1.82, 2.24) is 19.9 Å². The van der Waals surface area contributed by atoms with E-state index >= 15 is 0 Å². The van der Waals surface area contributed by atoms with Crippen LogP contribution in [0.15, 0.2) is 18.5 Å². The number of nitrogens with zero attached hydrogens (tertiary/aromatic N) is 4. The van der Waals surface area contributed by atoms with Crippen molar-refractivity contribution in [2.24, 2.45) is 0 Å². The van der Waals surface area contributed by atoms with E-state index in [1.807, 2.05) is 0 Å². The van der Waals surface area contributed by atoms with Crippen molar-refractivity contribution in [2.75, 3.05) is 18.6 Å². The van der Waals surface area contributed by atoms with Crippen molar-refractivity contribution in [3.63, 3.8) is 0 Å². The molecular formula is C9H10N6O. The molecule has 16 heavy (non-hydrogen) atoms. The molecular weight excluding hydrogens is 208 g/mol. The third-order valence-electron chi connectivity index (χ3n) is 1.92. The van der Waals surface area contributed by atoms with Crippen molar-refractivity contribution in [3.05, 3.63) is 18.5 Å². The van der Waals surface area contributed by atoms with E-state index in [0.717, 1.165) is 0 Å². The Balaban J connectivity index is 2.58. The summed E-state index contributed by atoms with van der Waals surface area (Å²) in [6, 6.07) is 1.72. The Morgan fingerprint density at radius 1 is 1.12 bits per heavy atom. The van der Waals surface area contributed by atoms with E-state index in [0.29, 0.717) is 17.1 Å². The first-order valence-electron chi connectivity index (χ1n) is 4.46. The molecule has 0 bridgehead atoms. The quantitative estimate of drug-likeness (QED) is 0.735. The average Bonchev–Trinajstić information content (AvgIpc) is 2.27. The Bertz CT molecular complexity index is 495. The van der Waals surface area contributed by atoms with Gasteiger partial charge in [0.25, 0.3) is 0 Å². The van der Waals surface area contributed by atoms with Crippen LogP contribution >= 0.6 is 0 Å². The van der Waals surface area contributed by atoms with E-state index in [1.165, 1.54) is 7.11 Å². The lowest BCUT2D eigenvalue weighted by Crippen LogP contribution is -2.04. The predicted octanol–water partition coefficient (Wildman–Crippen LogP) is 0.107. The van der Waals surface area contributed by atoms with Gasteiger partial charge in [0.2, 0.25) is 11.9 Å². The number of nitrogen functional groups attached to an aromatic ring is 2. The van der Waals surface area contributed by atoms with Gasteiger partial charge in [0.1, 0.15) is 5.75 Å². The zero-order valence-electron chi connectivity index (χ0n) is 8.58. The summed E-state index contributed by atoms with van der Waals surface area (Å²) in [5.74, 6) is 1.06. The van der Waals surface area contributed by atoms with Crippen molar-refractivity contribution in [3.8, 4) is 17.1 Å². The molecule has 0 amide bonds. The molecule has 0 aliphatic carbocycles. The second kappa shape index (κ2) is 3.97. The smallest absolute Gasteiger partial charge is 0.225 e. The molecule has 0 aromatic carbocycles. The van der Waals surface area contributed by atoms with E-state index in [2.05, 4.69) is 19.9 Å². The highest BCUT2D eigenvalue weighted by atomic mass is 16.5. The fraction of sp³-hybridized carbons (Fsp3) is 0.111. The fourth-order valence-electron chi connectivity index (χ4n) is 1.26. The minimum absolute atomic E-state index is 0.0707. The van der Waals surface area contributed by atoms with Gasteiger partial charge in [-0.05, 0) is 6.07 Å². The number of hydrogen-bond donors (Lipinski definition) is 2. The molecule has 2 rings (SSSR count). The summed E-state index contributed by atoms with van der Waals surface area (Å²) in [6.07, 6.45) is 3.17. The summed E-state index contributed by atoms with van der Waals surface area (Å²) >= 11 is 0. The number of nitrogens with two attached hydrogens (primary N) is 2. The second-order valence-electron chi connectivity index (χ2n) is 2.95. The lowest BCUT2D eigenvalue weighted by Gasteiger charge is -2.06. The molecule has 0 aliphatic heterocycles. The third-order valence-corrected chi connectivity index (χ3v) is 1.92. The molecule has 82 valence electrons. The molecule has 2 aromatic rings. The molecule has 0 unspecified atom stereocenters. The number of hydrogen-bond acceptors (Lipinski definition) is 7. The van der Waals surface area contributed by atoms with Crippen LogP contribution in [0.25, 0.3) is 11.4 Å². The van der Waals surface area contributed by atoms with E-state index in [9.17, 15) is 0 Å². The first kappa shape index (κ1) is 10.1. The van der Waals surface area contributed by atoms with Gasteiger partial charge >= 0.3 is 0 Å². The molecule has 0 spiro atoms. The van der Waals surface area contributed by atoms with E-state index in [1.54, 1.807) is 18.5 Å². The molecule has 0 aliphatic rings. The van der Waals surface area contributed by atoms with Crippen LogP contribution in [0.1, 0.15) is 0 Å². The van der Waals surface area contributed by atoms with Gasteiger partial charge in [0.05, 0.1) is 18.9 Å². The van der Waals surface area contributed by atoms with Crippen LogP contribution in [-0.2, 0) is 0 Å². The molecule has 0 saturated carbocycles. The third kappa shape index (κ3) is 1.83.